The van der Waals surface area contributed by atoms with Crippen LogP contribution in [0.4, 0.5) is 0 Å². The molecule has 3 nitrogen and oxygen atoms in total. The van der Waals surface area contributed by atoms with E-state index in [1.54, 1.807) is 0 Å². The molecule has 0 atom stereocenters. The van der Waals surface area contributed by atoms with Crippen LogP contribution in [-0.2, 0) is 49.1 Å². The second kappa shape index (κ2) is 22.7. The number of rotatable bonds is 3. The summed E-state index contributed by atoms with van der Waals surface area (Å²) in [6, 6.07) is 0. The fourth-order valence-corrected chi connectivity index (χ4v) is 0.287. The van der Waals surface area contributed by atoms with Crippen molar-refractivity contribution in [1.82, 2.24) is 0 Å². The molecule has 0 aromatic carbocycles. The molecule has 0 unspecified atom stereocenters. The molecular weight excluding hydrogens is 207 g/mol. The first-order chi connectivity index (χ1) is 4.33. The van der Waals surface area contributed by atoms with Crippen LogP contribution in [0.2, 0.25) is 0 Å². The molecule has 0 aliphatic rings. The van der Waals surface area contributed by atoms with Gasteiger partial charge in [-0.15, -0.1) is 0 Å². The summed E-state index contributed by atoms with van der Waals surface area (Å²) < 4.78 is 17.0. The van der Waals surface area contributed by atoms with Gasteiger partial charge in [-0.3, -0.25) is 0 Å². The number of carbonyl (C=O) groups is 1. The van der Waals surface area contributed by atoms with Crippen molar-refractivity contribution in [3.05, 3.63) is 0 Å². The van der Waals surface area contributed by atoms with Gasteiger partial charge in [0.25, 0.3) is 0 Å². The van der Waals surface area contributed by atoms with Crippen LogP contribution in [0.5, 0.6) is 0 Å². The summed E-state index contributed by atoms with van der Waals surface area (Å²) in [5.41, 5.74) is 0. The second-order valence-corrected chi connectivity index (χ2v) is 1.65. The number of carbonyl (C=O) groups excluding carboxylic acids is 1. The van der Waals surface area contributed by atoms with Crippen LogP contribution in [0.15, 0.2) is 0 Å². The van der Waals surface area contributed by atoms with Crippen molar-refractivity contribution in [2.24, 2.45) is 0 Å². The molecule has 0 aliphatic heterocycles. The molecule has 0 spiro atoms. The molecule has 0 aromatic rings. The largest absolute Gasteiger partial charge is 0 e. The van der Waals surface area contributed by atoms with Crippen molar-refractivity contribution in [2.45, 2.75) is 26.2 Å². The molecule has 0 saturated carbocycles. The minimum atomic E-state index is -2.00. The number of aldehydes is 1. The Morgan fingerprint density at radius 3 is 1.90 bits per heavy atom. The van der Waals surface area contributed by atoms with Crippen molar-refractivity contribution < 1.29 is 49.1 Å². The molecule has 5 heteroatoms. The molecule has 0 aliphatic carbocycles. The first-order valence-corrected chi connectivity index (χ1v) is 4.03. The zero-order chi connectivity index (χ0) is 7.54. The van der Waals surface area contributed by atoms with Gasteiger partial charge in [0, 0.05) is 25.0 Å². The maximum Gasteiger partial charge on any atom is 0 e. The minimum absolute atomic E-state index is 0. The molecule has 1 radical (unpaired) electrons. The predicted molar refractivity (Wildman–Crippen MR) is 27.0 cm³/mol. The zero-order valence-corrected chi connectivity index (χ0v) is 8.83. The van der Waals surface area contributed by atoms with E-state index in [1.165, 1.54) is 0 Å². The second-order valence-electron chi connectivity index (χ2n) is 1.39. The fourth-order valence-electron chi connectivity index (χ4n) is 0.287. The van der Waals surface area contributed by atoms with Gasteiger partial charge in [0.1, 0.15) is 6.29 Å². The molecule has 0 rings (SSSR count). The van der Waals surface area contributed by atoms with Crippen LogP contribution in [-0.4, -0.2) is 6.29 Å². The monoisotopic (exact) mass is 217 g/mol. The van der Waals surface area contributed by atoms with Gasteiger partial charge in [-0.25, -0.2) is 0 Å². The Morgan fingerprint density at radius 2 is 1.80 bits per heavy atom. The fraction of sp³-hybridized carbons (Fsp3) is 0.800. The molecule has 0 N–H and O–H groups in total. The molecule has 0 saturated heterocycles. The average Bonchev–Trinajstić information content (AvgIpc) is 1.86. The van der Waals surface area contributed by atoms with Crippen molar-refractivity contribution in [1.29, 1.82) is 0 Å². The Morgan fingerprint density at radius 1 is 1.40 bits per heavy atom. The normalized spacial score (nSPS) is 5.70. The summed E-state index contributed by atoms with van der Waals surface area (Å²) in [5, 5.41) is 0. The number of unbranched alkanes of at least 4 members (excludes halogenated alkanes) is 2. The van der Waals surface area contributed by atoms with E-state index < -0.39 is 19.1 Å². The Hall–Kier alpha value is 0.569. The van der Waals surface area contributed by atoms with Crippen molar-refractivity contribution >= 4 is 6.29 Å². The third-order valence-corrected chi connectivity index (χ3v) is 0.676. The summed E-state index contributed by atoms with van der Waals surface area (Å²) in [6.07, 6.45) is 3.86. The Labute approximate surface area is 81.4 Å². The van der Waals surface area contributed by atoms with Gasteiger partial charge in [0.15, 0.2) is 0 Å². The average molecular weight is 217 g/mol. The van der Waals surface area contributed by atoms with Gasteiger partial charge < -0.3 is 4.79 Å². The molecule has 57 valence electrons. The standard InChI is InChI=1S/C5H10O.2O.Ti.V/c1-2-3-4-5-6;;;;/h5H,2-4H2,1H3;;;;. The van der Waals surface area contributed by atoms with Crippen LogP contribution in [0.3, 0.4) is 0 Å². The van der Waals surface area contributed by atoms with E-state index in [2.05, 4.69) is 6.92 Å². The third kappa shape index (κ3) is 38.5. The van der Waals surface area contributed by atoms with Crippen molar-refractivity contribution in [2.75, 3.05) is 0 Å². The SMILES string of the molecule is CCCCC=O.[O]=[Ti]=[O].[V]. The predicted octanol–water partition coefficient (Wildman–Crippen LogP) is 1.13. The molecule has 0 fully saturated rings. The van der Waals surface area contributed by atoms with Crippen molar-refractivity contribution in [3.8, 4) is 0 Å². The van der Waals surface area contributed by atoms with E-state index >= 15 is 0 Å². The van der Waals surface area contributed by atoms with E-state index in [4.69, 9.17) is 6.65 Å². The smallest absolute Gasteiger partial charge is 0 e. The summed E-state index contributed by atoms with van der Waals surface area (Å²) in [4.78, 5) is 9.56. The third-order valence-electron chi connectivity index (χ3n) is 0.676. The first-order valence-electron chi connectivity index (χ1n) is 2.76. The van der Waals surface area contributed by atoms with Gasteiger partial charge in [0.05, 0.1) is 0 Å². The Kier molecular flexibility index (Phi) is 38.3. The molecule has 0 amide bonds. The first kappa shape index (κ1) is 16.9. The number of hydrogen-bond donors (Lipinski definition) is 0. The van der Waals surface area contributed by atoms with Crippen LogP contribution in [0.25, 0.3) is 0 Å². The van der Waals surface area contributed by atoms with Gasteiger partial charge in [0.2, 0.25) is 0 Å². The summed E-state index contributed by atoms with van der Waals surface area (Å²) >= 11 is -2.00. The molecule has 10 heavy (non-hydrogen) atoms. The summed E-state index contributed by atoms with van der Waals surface area (Å²) in [7, 11) is 0. The molecule has 0 aromatic heterocycles. The van der Waals surface area contributed by atoms with Crippen molar-refractivity contribution in [3.63, 3.8) is 0 Å². The maximum atomic E-state index is 9.56. The quantitative estimate of drug-likeness (QED) is 0.404. The van der Waals surface area contributed by atoms with E-state index in [9.17, 15) is 4.79 Å². The number of hydrogen-bond acceptors (Lipinski definition) is 3. The maximum absolute atomic E-state index is 9.56. The van der Waals surface area contributed by atoms with Gasteiger partial charge in [-0.2, -0.15) is 0 Å². The van der Waals surface area contributed by atoms with Crippen LogP contribution in [0.1, 0.15) is 26.2 Å². The Bertz CT molecular complexity index is 90.9. The topological polar surface area (TPSA) is 51.2 Å². The van der Waals surface area contributed by atoms with E-state index in [0.717, 1.165) is 25.5 Å². The minimum Gasteiger partial charge on any atom is 0 e. The van der Waals surface area contributed by atoms with Crippen LogP contribution in [0, 0.1) is 0 Å². The molecule has 0 heterocycles. The zero-order valence-electron chi connectivity index (χ0n) is 5.87. The Balaban J connectivity index is -0.000000107. The van der Waals surface area contributed by atoms with E-state index in [1.807, 2.05) is 0 Å². The van der Waals surface area contributed by atoms with Gasteiger partial charge >= 0.3 is 25.7 Å². The summed E-state index contributed by atoms with van der Waals surface area (Å²) in [6.45, 7) is 2.07. The van der Waals surface area contributed by atoms with Gasteiger partial charge in [-0.05, 0) is 6.42 Å². The van der Waals surface area contributed by atoms with E-state index in [-0.39, 0.29) is 18.6 Å². The van der Waals surface area contributed by atoms with Gasteiger partial charge in [-0.1, -0.05) is 13.3 Å². The summed E-state index contributed by atoms with van der Waals surface area (Å²) in [5.74, 6) is 0. The molecular formula is C5H10O3TiV. The van der Waals surface area contributed by atoms with E-state index in [0.29, 0.717) is 0 Å². The molecule has 0 bridgehead atoms. The van der Waals surface area contributed by atoms with Crippen LogP contribution >= 0.6 is 0 Å². The van der Waals surface area contributed by atoms with Crippen LogP contribution < -0.4 is 0 Å².